The van der Waals surface area contributed by atoms with Gasteiger partial charge in [-0.2, -0.15) is 0 Å². The smallest absolute Gasteiger partial charge is 0.136 e. The van der Waals surface area contributed by atoms with E-state index in [-0.39, 0.29) is 5.56 Å². The second-order valence-corrected chi connectivity index (χ2v) is 4.61. The van der Waals surface area contributed by atoms with Gasteiger partial charge in [-0.3, -0.25) is 0 Å². The molecule has 1 heterocycles. The molecule has 2 aromatic carbocycles. The summed E-state index contributed by atoms with van der Waals surface area (Å²) in [6.07, 6.45) is 0.827. The zero-order chi connectivity index (χ0) is 13.4. The molecular weight excluding hydrogens is 251 g/mol. The predicted molar refractivity (Wildman–Crippen MR) is 67.2 cm³/mol. The molecule has 0 amide bonds. The van der Waals surface area contributed by atoms with Crippen molar-refractivity contribution in [1.29, 1.82) is 0 Å². The van der Waals surface area contributed by atoms with E-state index in [0.29, 0.717) is 24.2 Å². The minimum absolute atomic E-state index is 0.151. The first kappa shape index (κ1) is 12.2. The maximum absolute atomic E-state index is 13.9. The van der Waals surface area contributed by atoms with Crippen molar-refractivity contribution < 1.29 is 13.2 Å². The van der Waals surface area contributed by atoms with Gasteiger partial charge in [-0.05, 0) is 29.7 Å². The minimum Gasteiger partial charge on any atom is -0.312 e. The first-order chi connectivity index (χ1) is 9.16. The van der Waals surface area contributed by atoms with Gasteiger partial charge in [0, 0.05) is 18.7 Å². The molecule has 4 heteroatoms. The lowest BCUT2D eigenvalue weighted by molar-refractivity contribution is 0.547. The zero-order valence-corrected chi connectivity index (χ0v) is 10.1. The molecule has 0 saturated carbocycles. The van der Waals surface area contributed by atoms with Crippen LogP contribution in [0.3, 0.4) is 0 Å². The predicted octanol–water partition coefficient (Wildman–Crippen LogP) is 3.42. The molecule has 1 nitrogen and oxygen atoms in total. The number of hydrogen-bond acceptors (Lipinski definition) is 1. The van der Waals surface area contributed by atoms with Crippen LogP contribution in [0.4, 0.5) is 13.2 Å². The van der Waals surface area contributed by atoms with Crippen molar-refractivity contribution in [2.75, 3.05) is 6.54 Å². The fourth-order valence-corrected chi connectivity index (χ4v) is 2.55. The molecule has 0 bridgehead atoms. The van der Waals surface area contributed by atoms with Crippen molar-refractivity contribution >= 4 is 0 Å². The molecule has 98 valence electrons. The third-order valence-corrected chi connectivity index (χ3v) is 3.42. The fraction of sp³-hybridized carbons (Fsp3) is 0.200. The summed E-state index contributed by atoms with van der Waals surface area (Å²) >= 11 is 0. The van der Waals surface area contributed by atoms with Gasteiger partial charge in [-0.15, -0.1) is 0 Å². The van der Waals surface area contributed by atoms with Crippen molar-refractivity contribution in [1.82, 2.24) is 5.32 Å². The first-order valence-electron chi connectivity index (χ1n) is 6.13. The van der Waals surface area contributed by atoms with Crippen LogP contribution < -0.4 is 5.32 Å². The van der Waals surface area contributed by atoms with Crippen LogP contribution in [0.25, 0.3) is 11.1 Å². The molecule has 0 saturated heterocycles. The second-order valence-electron chi connectivity index (χ2n) is 4.61. The molecule has 0 aliphatic carbocycles. The van der Waals surface area contributed by atoms with Crippen molar-refractivity contribution in [2.24, 2.45) is 0 Å². The fourth-order valence-electron chi connectivity index (χ4n) is 2.55. The number of fused-ring (bicyclic) bond motifs is 1. The summed E-state index contributed by atoms with van der Waals surface area (Å²) < 4.78 is 40.7. The van der Waals surface area contributed by atoms with Crippen LogP contribution in [0.5, 0.6) is 0 Å². The summed E-state index contributed by atoms with van der Waals surface area (Å²) in [4.78, 5) is 0. The van der Waals surface area contributed by atoms with Gasteiger partial charge < -0.3 is 5.32 Å². The molecule has 0 spiro atoms. The van der Waals surface area contributed by atoms with E-state index >= 15 is 0 Å². The Morgan fingerprint density at radius 2 is 1.74 bits per heavy atom. The van der Waals surface area contributed by atoms with Crippen LogP contribution in [-0.4, -0.2) is 6.54 Å². The van der Waals surface area contributed by atoms with E-state index in [1.165, 1.54) is 0 Å². The Morgan fingerprint density at radius 3 is 2.47 bits per heavy atom. The maximum atomic E-state index is 13.9. The minimum atomic E-state index is -0.901. The van der Waals surface area contributed by atoms with Crippen LogP contribution in [0, 0.1) is 17.5 Å². The molecule has 3 rings (SSSR count). The third kappa shape index (κ3) is 2.12. The highest BCUT2D eigenvalue weighted by Gasteiger charge is 2.19. The molecule has 0 atom stereocenters. The van der Waals surface area contributed by atoms with Crippen LogP contribution in [-0.2, 0) is 13.0 Å². The molecule has 19 heavy (non-hydrogen) atoms. The summed E-state index contributed by atoms with van der Waals surface area (Å²) in [7, 11) is 0. The lowest BCUT2D eigenvalue weighted by atomic mass is 9.91. The summed E-state index contributed by atoms with van der Waals surface area (Å²) in [5, 5.41) is 3.18. The van der Waals surface area contributed by atoms with Gasteiger partial charge in [0.25, 0.3) is 0 Å². The van der Waals surface area contributed by atoms with Gasteiger partial charge in [0.05, 0.1) is 5.56 Å². The van der Waals surface area contributed by atoms with Crippen molar-refractivity contribution in [2.45, 2.75) is 13.0 Å². The lowest BCUT2D eigenvalue weighted by Crippen LogP contribution is -2.24. The molecule has 0 unspecified atom stereocenters. The van der Waals surface area contributed by atoms with Crippen molar-refractivity contribution in [3.05, 3.63) is 58.9 Å². The zero-order valence-electron chi connectivity index (χ0n) is 10.1. The van der Waals surface area contributed by atoms with Crippen LogP contribution in [0.15, 0.2) is 30.3 Å². The third-order valence-electron chi connectivity index (χ3n) is 3.42. The standard InChI is InChI=1S/C15H12F3N/c16-10-6-13(17)15(14(18)7-10)11-3-1-2-9-4-5-19-8-12(9)11/h1-3,6-7,19H,4-5,8H2. The van der Waals surface area contributed by atoms with E-state index in [1.807, 2.05) is 6.07 Å². The first-order valence-corrected chi connectivity index (χ1v) is 6.13. The number of benzene rings is 2. The second kappa shape index (κ2) is 4.70. The largest absolute Gasteiger partial charge is 0.312 e. The van der Waals surface area contributed by atoms with E-state index < -0.39 is 17.5 Å². The Hall–Kier alpha value is -1.81. The summed E-state index contributed by atoms with van der Waals surface area (Å²) in [6.45, 7) is 1.42. The number of halogens is 3. The van der Waals surface area contributed by atoms with Gasteiger partial charge in [-0.25, -0.2) is 13.2 Å². The topological polar surface area (TPSA) is 12.0 Å². The van der Waals surface area contributed by atoms with E-state index in [1.54, 1.807) is 12.1 Å². The summed E-state index contributed by atoms with van der Waals surface area (Å²) in [5.41, 5.74) is 2.32. The molecule has 1 aliphatic rings. The van der Waals surface area contributed by atoms with Gasteiger partial charge in [0.2, 0.25) is 0 Å². The maximum Gasteiger partial charge on any atom is 0.136 e. The normalized spacial score (nSPS) is 14.3. The Labute approximate surface area is 109 Å². The molecule has 0 aromatic heterocycles. The summed E-state index contributed by atoms with van der Waals surface area (Å²) in [6, 6.07) is 6.84. The monoisotopic (exact) mass is 263 g/mol. The Balaban J connectivity index is 2.23. The van der Waals surface area contributed by atoms with Gasteiger partial charge in [0.15, 0.2) is 0 Å². The SMILES string of the molecule is Fc1cc(F)c(-c2cccc3c2CNCC3)c(F)c1. The molecule has 1 aliphatic heterocycles. The average Bonchev–Trinajstić information content (AvgIpc) is 2.38. The number of rotatable bonds is 1. The van der Waals surface area contributed by atoms with Crippen LogP contribution in [0.1, 0.15) is 11.1 Å². The number of hydrogen-bond donors (Lipinski definition) is 1. The highest BCUT2D eigenvalue weighted by molar-refractivity contribution is 5.70. The number of nitrogens with one attached hydrogen (secondary N) is 1. The highest BCUT2D eigenvalue weighted by Crippen LogP contribution is 2.32. The molecule has 1 N–H and O–H groups in total. The lowest BCUT2D eigenvalue weighted by Gasteiger charge is -2.21. The van der Waals surface area contributed by atoms with E-state index in [2.05, 4.69) is 5.32 Å². The van der Waals surface area contributed by atoms with Gasteiger partial charge >= 0.3 is 0 Å². The average molecular weight is 263 g/mol. The van der Waals surface area contributed by atoms with Gasteiger partial charge in [-0.1, -0.05) is 18.2 Å². The van der Waals surface area contributed by atoms with Crippen LogP contribution >= 0.6 is 0 Å². The Bertz CT molecular complexity index is 614. The Kier molecular flexibility index (Phi) is 3.03. The molecule has 0 radical (unpaired) electrons. The molecule has 0 fully saturated rings. The van der Waals surface area contributed by atoms with Crippen LogP contribution in [0.2, 0.25) is 0 Å². The van der Waals surface area contributed by atoms with Crippen molar-refractivity contribution in [3.63, 3.8) is 0 Å². The van der Waals surface area contributed by atoms with Crippen molar-refractivity contribution in [3.8, 4) is 11.1 Å². The highest BCUT2D eigenvalue weighted by atomic mass is 19.1. The summed E-state index contributed by atoms with van der Waals surface area (Å²) in [5.74, 6) is -2.63. The molecular formula is C15H12F3N. The molecule has 2 aromatic rings. The van der Waals surface area contributed by atoms with Gasteiger partial charge in [0.1, 0.15) is 17.5 Å². The van der Waals surface area contributed by atoms with E-state index in [4.69, 9.17) is 0 Å². The Morgan fingerprint density at radius 1 is 1.00 bits per heavy atom. The quantitative estimate of drug-likeness (QED) is 0.831. The van der Waals surface area contributed by atoms with E-state index in [0.717, 1.165) is 24.1 Å². The van der Waals surface area contributed by atoms with E-state index in [9.17, 15) is 13.2 Å².